The van der Waals surface area contributed by atoms with Gasteiger partial charge in [-0.25, -0.2) is 0 Å². The first-order valence-electron chi connectivity index (χ1n) is 7.69. The van der Waals surface area contributed by atoms with Crippen molar-refractivity contribution in [3.8, 4) is 0 Å². The molecule has 6 heteroatoms. The molecule has 3 aromatic rings. The van der Waals surface area contributed by atoms with Gasteiger partial charge >= 0.3 is 6.18 Å². The van der Waals surface area contributed by atoms with Gasteiger partial charge in [-0.2, -0.15) is 13.2 Å². The molecule has 0 saturated carbocycles. The highest BCUT2D eigenvalue weighted by molar-refractivity contribution is 6.36. The number of aryl methyl sites for hydroxylation is 3. The van der Waals surface area contributed by atoms with Crippen LogP contribution in [0.3, 0.4) is 0 Å². The van der Waals surface area contributed by atoms with E-state index < -0.39 is 11.7 Å². The number of nitrogens with zero attached hydrogens (tertiary/aromatic N) is 1. The molecule has 2 aromatic carbocycles. The third-order valence-corrected chi connectivity index (χ3v) is 5.41. The average molecular weight is 386 g/mol. The lowest BCUT2D eigenvalue weighted by molar-refractivity contribution is -0.137. The van der Waals surface area contributed by atoms with E-state index in [-0.39, 0.29) is 0 Å². The summed E-state index contributed by atoms with van der Waals surface area (Å²) in [7, 11) is 1.76. The van der Waals surface area contributed by atoms with E-state index in [9.17, 15) is 13.2 Å². The number of hydrogen-bond acceptors (Lipinski definition) is 0. The maximum Gasteiger partial charge on any atom is 0.416 e. The van der Waals surface area contributed by atoms with Crippen molar-refractivity contribution < 1.29 is 13.2 Å². The van der Waals surface area contributed by atoms with Gasteiger partial charge in [-0.15, -0.1) is 0 Å². The highest BCUT2D eigenvalue weighted by Gasteiger charge is 2.31. The van der Waals surface area contributed by atoms with Gasteiger partial charge in [-0.1, -0.05) is 29.3 Å². The zero-order valence-corrected chi connectivity index (χ0v) is 15.4. The molecule has 0 aliphatic rings. The molecule has 0 fully saturated rings. The fourth-order valence-corrected chi connectivity index (χ4v) is 3.56. The van der Waals surface area contributed by atoms with Crippen LogP contribution in [0.25, 0.3) is 10.9 Å². The maximum absolute atomic E-state index is 13.1. The fraction of sp³-hybridized carbons (Fsp3) is 0.263. The van der Waals surface area contributed by atoms with Crippen molar-refractivity contribution in [3.63, 3.8) is 0 Å². The number of hydrogen-bond donors (Lipinski definition) is 0. The Bertz CT molecular complexity index is 971. The zero-order valence-electron chi connectivity index (χ0n) is 13.9. The number of aromatic nitrogens is 1. The van der Waals surface area contributed by atoms with E-state index in [1.165, 1.54) is 12.1 Å². The van der Waals surface area contributed by atoms with Crippen LogP contribution in [0.15, 0.2) is 30.3 Å². The minimum Gasteiger partial charge on any atom is -0.347 e. The first kappa shape index (κ1) is 18.2. The van der Waals surface area contributed by atoms with Gasteiger partial charge in [0, 0.05) is 40.1 Å². The van der Waals surface area contributed by atoms with E-state index in [1.807, 2.05) is 19.1 Å². The Morgan fingerprint density at radius 2 is 1.68 bits per heavy atom. The average Bonchev–Trinajstić information content (AvgIpc) is 2.84. The Morgan fingerprint density at radius 3 is 2.32 bits per heavy atom. The van der Waals surface area contributed by atoms with E-state index >= 15 is 0 Å². The standard InChI is InChI=1S/C19H16Cl2F3N/c1-10-4-5-16(20)15(18(10)21)9-13-8-14-11(2)6-12(19(22,23)24)7-17(14)25(13)3/h4-8H,9H2,1-3H3. The highest BCUT2D eigenvalue weighted by atomic mass is 35.5. The molecule has 1 nitrogen and oxygen atoms in total. The number of alkyl halides is 3. The monoisotopic (exact) mass is 385 g/mol. The van der Waals surface area contributed by atoms with Gasteiger partial charge < -0.3 is 4.57 Å². The lowest BCUT2D eigenvalue weighted by Gasteiger charge is -2.11. The van der Waals surface area contributed by atoms with Crippen LogP contribution in [0.5, 0.6) is 0 Å². The van der Waals surface area contributed by atoms with Crippen LogP contribution in [-0.2, 0) is 19.6 Å². The van der Waals surface area contributed by atoms with Crippen molar-refractivity contribution in [2.75, 3.05) is 0 Å². The van der Waals surface area contributed by atoms with Crippen LogP contribution in [-0.4, -0.2) is 4.57 Å². The molecule has 0 saturated heterocycles. The topological polar surface area (TPSA) is 4.93 Å². The number of halogens is 5. The third kappa shape index (κ3) is 3.25. The van der Waals surface area contributed by atoms with E-state index in [4.69, 9.17) is 23.2 Å². The summed E-state index contributed by atoms with van der Waals surface area (Å²) in [5, 5.41) is 1.93. The lowest BCUT2D eigenvalue weighted by atomic mass is 10.0. The summed E-state index contributed by atoms with van der Waals surface area (Å²) in [6.45, 7) is 3.58. The van der Waals surface area contributed by atoms with Crippen molar-refractivity contribution in [2.45, 2.75) is 26.4 Å². The van der Waals surface area contributed by atoms with Crippen molar-refractivity contribution >= 4 is 34.1 Å². The maximum atomic E-state index is 13.1. The summed E-state index contributed by atoms with van der Waals surface area (Å²) in [6.07, 6.45) is -3.92. The molecule has 0 N–H and O–H groups in total. The Hall–Kier alpha value is -1.65. The minimum atomic E-state index is -4.37. The smallest absolute Gasteiger partial charge is 0.347 e. The Morgan fingerprint density at radius 1 is 1.00 bits per heavy atom. The SMILES string of the molecule is Cc1ccc(Cl)c(Cc2cc3c(C)cc(C(F)(F)F)cc3n2C)c1Cl. The molecule has 0 atom stereocenters. The second-order valence-electron chi connectivity index (χ2n) is 6.25. The quantitative estimate of drug-likeness (QED) is 0.461. The van der Waals surface area contributed by atoms with Gasteiger partial charge in [-0.3, -0.25) is 0 Å². The molecule has 0 spiro atoms. The van der Waals surface area contributed by atoms with Crippen molar-refractivity contribution in [3.05, 3.63) is 68.3 Å². The summed E-state index contributed by atoms with van der Waals surface area (Å²) < 4.78 is 41.0. The van der Waals surface area contributed by atoms with Crippen LogP contribution < -0.4 is 0 Å². The summed E-state index contributed by atoms with van der Waals surface area (Å²) in [5.41, 5.74) is 3.04. The molecule has 132 valence electrons. The number of benzene rings is 2. The van der Waals surface area contributed by atoms with Gasteiger partial charge in [0.25, 0.3) is 0 Å². The molecule has 0 bridgehead atoms. The second kappa shape index (κ2) is 6.26. The molecular weight excluding hydrogens is 370 g/mol. The van der Waals surface area contributed by atoms with E-state index in [2.05, 4.69) is 0 Å². The number of rotatable bonds is 2. The summed E-state index contributed by atoms with van der Waals surface area (Å²) >= 11 is 12.6. The third-order valence-electron chi connectivity index (χ3n) is 4.53. The first-order chi connectivity index (χ1) is 11.6. The van der Waals surface area contributed by atoms with Crippen LogP contribution in [0.4, 0.5) is 13.2 Å². The molecule has 3 rings (SSSR count). The van der Waals surface area contributed by atoms with Crippen molar-refractivity contribution in [2.24, 2.45) is 7.05 Å². The molecule has 1 heterocycles. The highest BCUT2D eigenvalue weighted by Crippen LogP contribution is 2.35. The molecule has 0 amide bonds. The molecule has 0 unspecified atom stereocenters. The first-order valence-corrected chi connectivity index (χ1v) is 8.45. The lowest BCUT2D eigenvalue weighted by Crippen LogP contribution is -2.06. The number of fused-ring (bicyclic) bond motifs is 1. The summed E-state index contributed by atoms with van der Waals surface area (Å²) in [6, 6.07) is 7.90. The van der Waals surface area contributed by atoms with E-state index in [1.54, 1.807) is 24.6 Å². The van der Waals surface area contributed by atoms with E-state index in [0.29, 0.717) is 27.5 Å². The second-order valence-corrected chi connectivity index (χ2v) is 7.04. The van der Waals surface area contributed by atoms with Gasteiger partial charge in [0.2, 0.25) is 0 Å². The molecule has 0 aliphatic heterocycles. The minimum absolute atomic E-state index is 0.450. The van der Waals surface area contributed by atoms with Gasteiger partial charge in [-0.05, 0) is 54.8 Å². The fourth-order valence-electron chi connectivity index (χ4n) is 3.05. The van der Waals surface area contributed by atoms with Crippen LogP contribution >= 0.6 is 23.2 Å². The normalized spacial score (nSPS) is 12.2. The Balaban J connectivity index is 2.15. The van der Waals surface area contributed by atoms with Crippen molar-refractivity contribution in [1.82, 2.24) is 4.57 Å². The van der Waals surface area contributed by atoms with Crippen LogP contribution in [0.2, 0.25) is 10.0 Å². The predicted molar refractivity (Wildman–Crippen MR) is 96.7 cm³/mol. The van der Waals surface area contributed by atoms with Gasteiger partial charge in [0.05, 0.1) is 5.56 Å². The predicted octanol–water partition coefficient (Wildman–Crippen LogP) is 6.71. The van der Waals surface area contributed by atoms with E-state index in [0.717, 1.165) is 22.2 Å². The largest absolute Gasteiger partial charge is 0.416 e. The Labute approximate surface area is 154 Å². The van der Waals surface area contributed by atoms with Crippen LogP contribution in [0, 0.1) is 13.8 Å². The zero-order chi connectivity index (χ0) is 18.5. The van der Waals surface area contributed by atoms with Gasteiger partial charge in [0.15, 0.2) is 0 Å². The Kier molecular flexibility index (Phi) is 4.54. The molecule has 1 aromatic heterocycles. The van der Waals surface area contributed by atoms with Crippen molar-refractivity contribution in [1.29, 1.82) is 0 Å². The summed E-state index contributed by atoms with van der Waals surface area (Å²) in [5.74, 6) is 0. The molecular formula is C19H16Cl2F3N. The molecule has 25 heavy (non-hydrogen) atoms. The van der Waals surface area contributed by atoms with Gasteiger partial charge in [0.1, 0.15) is 0 Å². The summed E-state index contributed by atoms with van der Waals surface area (Å²) in [4.78, 5) is 0. The van der Waals surface area contributed by atoms with Crippen LogP contribution in [0.1, 0.15) is 27.9 Å². The molecule has 0 aliphatic carbocycles. The molecule has 0 radical (unpaired) electrons.